The monoisotopic (exact) mass is 267 g/mol. The van der Waals surface area contributed by atoms with Gasteiger partial charge in [0.1, 0.15) is 11.6 Å². The van der Waals surface area contributed by atoms with E-state index in [1.165, 1.54) is 0 Å². The highest BCUT2D eigenvalue weighted by Gasteiger charge is 2.58. The molecular formula is C13H11F2NO3. The SMILES string of the molecule is O=C(O)C1(C2CC2)CNc2c(F)cc(F)cc2C1=O. The summed E-state index contributed by atoms with van der Waals surface area (Å²) in [4.78, 5) is 23.9. The molecule has 100 valence electrons. The lowest BCUT2D eigenvalue weighted by molar-refractivity contribution is -0.146. The summed E-state index contributed by atoms with van der Waals surface area (Å²) in [6, 6.07) is 1.57. The van der Waals surface area contributed by atoms with Gasteiger partial charge in [0.05, 0.1) is 5.69 Å². The van der Waals surface area contributed by atoms with Crippen molar-refractivity contribution in [3.05, 3.63) is 29.3 Å². The van der Waals surface area contributed by atoms with E-state index in [-0.39, 0.29) is 23.7 Å². The summed E-state index contributed by atoms with van der Waals surface area (Å²) in [7, 11) is 0. The van der Waals surface area contributed by atoms with Crippen LogP contribution in [-0.4, -0.2) is 23.4 Å². The third kappa shape index (κ3) is 1.55. The standard InChI is InChI=1S/C13H11F2NO3/c14-7-3-8-10(9(15)4-7)16-5-13(11(8)17,12(18)19)6-1-2-6/h3-4,6,16H,1-2,5H2,(H,18,19). The van der Waals surface area contributed by atoms with E-state index in [1.54, 1.807) is 0 Å². The van der Waals surface area contributed by atoms with Gasteiger partial charge in [-0.05, 0) is 24.8 Å². The zero-order chi connectivity index (χ0) is 13.8. The maximum absolute atomic E-state index is 13.6. The molecule has 0 spiro atoms. The van der Waals surface area contributed by atoms with Crippen molar-refractivity contribution in [3.63, 3.8) is 0 Å². The molecule has 1 unspecified atom stereocenters. The second-order valence-electron chi connectivity index (χ2n) is 5.04. The summed E-state index contributed by atoms with van der Waals surface area (Å²) in [6.45, 7) is -0.151. The van der Waals surface area contributed by atoms with E-state index in [0.29, 0.717) is 18.9 Å². The van der Waals surface area contributed by atoms with Crippen molar-refractivity contribution in [2.75, 3.05) is 11.9 Å². The van der Waals surface area contributed by atoms with E-state index < -0.39 is 28.8 Å². The fourth-order valence-electron chi connectivity index (χ4n) is 2.73. The quantitative estimate of drug-likeness (QED) is 0.805. The maximum Gasteiger partial charge on any atom is 0.319 e. The lowest BCUT2D eigenvalue weighted by Gasteiger charge is -2.34. The number of carboxylic acids is 1. The predicted octanol–water partition coefficient (Wildman–Crippen LogP) is 2.05. The summed E-state index contributed by atoms with van der Waals surface area (Å²) < 4.78 is 26.8. The van der Waals surface area contributed by atoms with Gasteiger partial charge in [-0.1, -0.05) is 0 Å². The third-order valence-electron chi connectivity index (χ3n) is 3.90. The molecule has 1 aliphatic carbocycles. The van der Waals surface area contributed by atoms with Crippen molar-refractivity contribution in [1.82, 2.24) is 0 Å². The van der Waals surface area contributed by atoms with Crippen molar-refractivity contribution in [2.24, 2.45) is 11.3 Å². The Morgan fingerprint density at radius 1 is 1.37 bits per heavy atom. The molecule has 3 rings (SSSR count). The number of hydrogen-bond donors (Lipinski definition) is 2. The number of carboxylic acid groups (broad SMARTS) is 1. The van der Waals surface area contributed by atoms with Crippen LogP contribution in [0.5, 0.6) is 0 Å². The topological polar surface area (TPSA) is 66.4 Å². The minimum absolute atomic E-state index is 0.107. The molecule has 6 heteroatoms. The largest absolute Gasteiger partial charge is 0.480 e. The number of ketones is 1. The van der Waals surface area contributed by atoms with Gasteiger partial charge in [0.25, 0.3) is 0 Å². The first-order chi connectivity index (χ1) is 8.96. The average Bonchev–Trinajstić information content (AvgIpc) is 3.14. The third-order valence-corrected chi connectivity index (χ3v) is 3.90. The van der Waals surface area contributed by atoms with Gasteiger partial charge in [0, 0.05) is 18.2 Å². The van der Waals surface area contributed by atoms with Crippen molar-refractivity contribution < 1.29 is 23.5 Å². The van der Waals surface area contributed by atoms with Crippen LogP contribution in [-0.2, 0) is 4.79 Å². The second-order valence-corrected chi connectivity index (χ2v) is 5.04. The Balaban J connectivity index is 2.16. The van der Waals surface area contributed by atoms with Gasteiger partial charge in [-0.25, -0.2) is 8.78 Å². The molecule has 1 fully saturated rings. The number of carbonyl (C=O) groups is 2. The summed E-state index contributed by atoms with van der Waals surface area (Å²) in [5.74, 6) is -3.96. The van der Waals surface area contributed by atoms with Crippen molar-refractivity contribution in [1.29, 1.82) is 0 Å². The maximum atomic E-state index is 13.6. The molecule has 1 aromatic rings. The van der Waals surface area contributed by atoms with E-state index in [0.717, 1.165) is 6.07 Å². The lowest BCUT2D eigenvalue weighted by Crippen LogP contribution is -2.50. The number of nitrogens with one attached hydrogen (secondary N) is 1. The summed E-state index contributed by atoms with van der Waals surface area (Å²) >= 11 is 0. The number of halogens is 2. The Bertz CT molecular complexity index is 598. The summed E-state index contributed by atoms with van der Waals surface area (Å²) in [5.41, 5.74) is -1.91. The van der Waals surface area contributed by atoms with E-state index in [4.69, 9.17) is 0 Å². The molecule has 0 bridgehead atoms. The molecule has 1 aromatic carbocycles. The van der Waals surface area contributed by atoms with Crippen LogP contribution in [0.15, 0.2) is 12.1 Å². The highest BCUT2D eigenvalue weighted by atomic mass is 19.1. The molecule has 1 atom stereocenters. The molecule has 19 heavy (non-hydrogen) atoms. The molecule has 0 radical (unpaired) electrons. The number of fused-ring (bicyclic) bond motifs is 1. The highest BCUT2D eigenvalue weighted by molar-refractivity contribution is 6.17. The van der Waals surface area contributed by atoms with Crippen LogP contribution in [0.25, 0.3) is 0 Å². The zero-order valence-electron chi connectivity index (χ0n) is 9.87. The zero-order valence-corrected chi connectivity index (χ0v) is 9.87. The van der Waals surface area contributed by atoms with Crippen LogP contribution in [0.3, 0.4) is 0 Å². The van der Waals surface area contributed by atoms with Gasteiger partial charge in [-0.15, -0.1) is 0 Å². The Hall–Kier alpha value is -1.98. The molecule has 1 saturated carbocycles. The smallest absolute Gasteiger partial charge is 0.319 e. The van der Waals surface area contributed by atoms with E-state index in [2.05, 4.69) is 5.32 Å². The molecule has 4 nitrogen and oxygen atoms in total. The van der Waals surface area contributed by atoms with E-state index >= 15 is 0 Å². The van der Waals surface area contributed by atoms with Crippen LogP contribution >= 0.6 is 0 Å². The van der Waals surface area contributed by atoms with Crippen LogP contribution < -0.4 is 5.32 Å². The Morgan fingerprint density at radius 2 is 2.05 bits per heavy atom. The number of carbonyl (C=O) groups excluding carboxylic acids is 1. The van der Waals surface area contributed by atoms with Crippen LogP contribution in [0.1, 0.15) is 23.2 Å². The number of anilines is 1. The molecule has 0 aromatic heterocycles. The van der Waals surface area contributed by atoms with Gasteiger partial charge < -0.3 is 10.4 Å². The van der Waals surface area contributed by atoms with Gasteiger partial charge in [-0.3, -0.25) is 9.59 Å². The predicted molar refractivity (Wildman–Crippen MR) is 62.0 cm³/mol. The van der Waals surface area contributed by atoms with Gasteiger partial charge >= 0.3 is 5.97 Å². The number of aliphatic carboxylic acids is 1. The minimum Gasteiger partial charge on any atom is -0.480 e. The van der Waals surface area contributed by atoms with Crippen LogP contribution in [0.4, 0.5) is 14.5 Å². The Labute approximate surface area is 107 Å². The molecule has 0 saturated heterocycles. The first-order valence-electron chi connectivity index (χ1n) is 5.98. The van der Waals surface area contributed by atoms with E-state index in [9.17, 15) is 23.5 Å². The van der Waals surface area contributed by atoms with Crippen molar-refractivity contribution in [3.8, 4) is 0 Å². The van der Waals surface area contributed by atoms with Crippen LogP contribution in [0.2, 0.25) is 0 Å². The number of Topliss-reactive ketones (excluding diaryl/α,β-unsaturated/α-hetero) is 1. The lowest BCUT2D eigenvalue weighted by atomic mass is 9.73. The summed E-state index contributed by atoms with van der Waals surface area (Å²) in [6.07, 6.45) is 1.29. The minimum atomic E-state index is -1.59. The average molecular weight is 267 g/mol. The fraction of sp³-hybridized carbons (Fsp3) is 0.385. The molecule has 1 aliphatic heterocycles. The molecular weight excluding hydrogens is 256 g/mol. The second kappa shape index (κ2) is 3.76. The summed E-state index contributed by atoms with van der Waals surface area (Å²) in [5, 5.41) is 12.0. The molecule has 2 aliphatic rings. The van der Waals surface area contributed by atoms with Gasteiger partial charge in [0.2, 0.25) is 0 Å². The molecule has 2 N–H and O–H groups in total. The Kier molecular flexibility index (Phi) is 2.39. The first-order valence-corrected chi connectivity index (χ1v) is 5.98. The number of rotatable bonds is 2. The van der Waals surface area contributed by atoms with Gasteiger partial charge in [-0.2, -0.15) is 0 Å². The molecule has 1 heterocycles. The van der Waals surface area contributed by atoms with Crippen molar-refractivity contribution in [2.45, 2.75) is 12.8 Å². The fourth-order valence-corrected chi connectivity index (χ4v) is 2.73. The Morgan fingerprint density at radius 3 is 2.63 bits per heavy atom. The first kappa shape index (κ1) is 12.1. The van der Waals surface area contributed by atoms with Gasteiger partial charge in [0.15, 0.2) is 11.2 Å². The molecule has 0 amide bonds. The normalized spacial score (nSPS) is 25.7. The van der Waals surface area contributed by atoms with Crippen molar-refractivity contribution >= 4 is 17.4 Å². The highest BCUT2D eigenvalue weighted by Crippen LogP contribution is 2.50. The van der Waals surface area contributed by atoms with Crippen LogP contribution in [0, 0.1) is 23.0 Å². The number of hydrogen-bond acceptors (Lipinski definition) is 3. The number of benzene rings is 1. The van der Waals surface area contributed by atoms with E-state index in [1.807, 2.05) is 0 Å².